The molecule has 148 valence electrons. The summed E-state index contributed by atoms with van der Waals surface area (Å²) in [4.78, 5) is 17.7. The third-order valence-corrected chi connectivity index (χ3v) is 5.53. The second kappa shape index (κ2) is 9.07. The first-order valence-corrected chi connectivity index (χ1v) is 10.4. The van der Waals surface area contributed by atoms with E-state index in [1.165, 1.54) is 11.8 Å². The molecule has 0 fully saturated rings. The molecule has 2 aromatic heterocycles. The van der Waals surface area contributed by atoms with Gasteiger partial charge in [0.05, 0.1) is 16.7 Å². The van der Waals surface area contributed by atoms with Gasteiger partial charge in [-0.15, -0.1) is 0 Å². The number of hydrogen-bond acceptors (Lipinski definition) is 6. The molecule has 6 nitrogen and oxygen atoms in total. The number of fused-ring (bicyclic) bond motifs is 1. The monoisotopic (exact) mass is 407 g/mol. The summed E-state index contributed by atoms with van der Waals surface area (Å²) in [5.41, 5.74) is 2.47. The smallest absolute Gasteiger partial charge is 0.262 e. The maximum Gasteiger partial charge on any atom is 0.262 e. The normalized spacial score (nSPS) is 11.2. The number of aromatic nitrogens is 3. The lowest BCUT2D eigenvalue weighted by atomic mass is 10.1. The van der Waals surface area contributed by atoms with Crippen LogP contribution in [0.2, 0.25) is 0 Å². The fourth-order valence-corrected chi connectivity index (χ4v) is 3.98. The molecule has 0 amide bonds. The number of benzene rings is 2. The van der Waals surface area contributed by atoms with Gasteiger partial charge in [0.1, 0.15) is 11.5 Å². The van der Waals surface area contributed by atoms with Gasteiger partial charge < -0.3 is 9.26 Å². The Morgan fingerprint density at radius 1 is 1.10 bits per heavy atom. The van der Waals surface area contributed by atoms with Gasteiger partial charge in [-0.05, 0) is 18.6 Å². The summed E-state index contributed by atoms with van der Waals surface area (Å²) < 4.78 is 12.4. The molecule has 29 heavy (non-hydrogen) atoms. The van der Waals surface area contributed by atoms with Crippen LogP contribution in [0.25, 0.3) is 22.2 Å². The molecule has 0 saturated carbocycles. The van der Waals surface area contributed by atoms with Crippen LogP contribution < -0.4 is 5.56 Å². The zero-order chi connectivity index (χ0) is 20.1. The van der Waals surface area contributed by atoms with Crippen molar-refractivity contribution in [2.45, 2.75) is 23.9 Å². The number of rotatable bonds is 8. The van der Waals surface area contributed by atoms with Gasteiger partial charge in [-0.1, -0.05) is 59.4 Å². The number of para-hydroxylation sites is 1. The molecule has 0 bridgehead atoms. The van der Waals surface area contributed by atoms with Gasteiger partial charge in [0, 0.05) is 31.9 Å². The largest absolute Gasteiger partial charge is 0.385 e. The van der Waals surface area contributed by atoms with Crippen molar-refractivity contribution < 1.29 is 9.26 Å². The lowest BCUT2D eigenvalue weighted by Gasteiger charge is -2.12. The fraction of sp³-hybridized carbons (Fsp3) is 0.227. The fourth-order valence-electron chi connectivity index (χ4n) is 3.08. The predicted molar refractivity (Wildman–Crippen MR) is 114 cm³/mol. The number of hydrogen-bond donors (Lipinski definition) is 0. The summed E-state index contributed by atoms with van der Waals surface area (Å²) in [5.74, 6) is 1.27. The molecule has 0 aliphatic heterocycles. The minimum Gasteiger partial charge on any atom is -0.385 e. The molecule has 7 heteroatoms. The van der Waals surface area contributed by atoms with Gasteiger partial charge in [0.15, 0.2) is 5.16 Å². The molecule has 0 N–H and O–H groups in total. The van der Waals surface area contributed by atoms with Crippen LogP contribution in [0, 0.1) is 0 Å². The van der Waals surface area contributed by atoms with Crippen LogP contribution in [0.15, 0.2) is 75.1 Å². The van der Waals surface area contributed by atoms with Crippen molar-refractivity contribution in [3.05, 3.63) is 76.8 Å². The van der Waals surface area contributed by atoms with E-state index in [1.54, 1.807) is 11.7 Å². The highest BCUT2D eigenvalue weighted by molar-refractivity contribution is 7.98. The van der Waals surface area contributed by atoms with Crippen LogP contribution in [0.4, 0.5) is 0 Å². The van der Waals surface area contributed by atoms with E-state index in [0.717, 1.165) is 23.4 Å². The van der Waals surface area contributed by atoms with Crippen LogP contribution in [0.5, 0.6) is 0 Å². The predicted octanol–water partition coefficient (Wildman–Crippen LogP) is 4.38. The Labute approximate surface area is 172 Å². The van der Waals surface area contributed by atoms with Gasteiger partial charge >= 0.3 is 0 Å². The van der Waals surface area contributed by atoms with Crippen molar-refractivity contribution in [3.8, 4) is 11.3 Å². The Balaban J connectivity index is 1.59. The Hall–Kier alpha value is -2.90. The van der Waals surface area contributed by atoms with Gasteiger partial charge in [0.25, 0.3) is 5.56 Å². The first-order valence-electron chi connectivity index (χ1n) is 9.38. The summed E-state index contributed by atoms with van der Waals surface area (Å²) in [6.07, 6.45) is 0.741. The lowest BCUT2D eigenvalue weighted by Crippen LogP contribution is -2.24. The van der Waals surface area contributed by atoms with Crippen molar-refractivity contribution in [1.29, 1.82) is 0 Å². The van der Waals surface area contributed by atoms with Crippen LogP contribution in [-0.2, 0) is 17.0 Å². The first kappa shape index (κ1) is 19.4. The van der Waals surface area contributed by atoms with Crippen molar-refractivity contribution in [2.75, 3.05) is 13.7 Å². The average Bonchev–Trinajstić information content (AvgIpc) is 3.24. The van der Waals surface area contributed by atoms with E-state index in [1.807, 2.05) is 60.7 Å². The van der Waals surface area contributed by atoms with Gasteiger partial charge in [-0.2, -0.15) is 0 Å². The highest BCUT2D eigenvalue weighted by atomic mass is 32.2. The second-order valence-corrected chi connectivity index (χ2v) is 7.49. The second-order valence-electron chi connectivity index (χ2n) is 6.55. The molecule has 0 saturated heterocycles. The average molecular weight is 407 g/mol. The molecule has 0 unspecified atom stereocenters. The van der Waals surface area contributed by atoms with E-state index in [0.29, 0.717) is 35.0 Å². The lowest BCUT2D eigenvalue weighted by molar-refractivity contribution is 0.189. The summed E-state index contributed by atoms with van der Waals surface area (Å²) >= 11 is 1.47. The van der Waals surface area contributed by atoms with Gasteiger partial charge in [0.2, 0.25) is 0 Å². The summed E-state index contributed by atoms with van der Waals surface area (Å²) in [5, 5.41) is 5.45. The molecule has 2 heterocycles. The molecule has 0 spiro atoms. The maximum atomic E-state index is 13.0. The van der Waals surface area contributed by atoms with E-state index >= 15 is 0 Å². The van der Waals surface area contributed by atoms with Crippen LogP contribution >= 0.6 is 11.8 Å². The molecule has 4 rings (SSSR count). The van der Waals surface area contributed by atoms with Crippen LogP contribution in [-0.4, -0.2) is 28.4 Å². The Morgan fingerprint density at radius 3 is 2.72 bits per heavy atom. The van der Waals surface area contributed by atoms with Gasteiger partial charge in [-0.25, -0.2) is 4.98 Å². The van der Waals surface area contributed by atoms with Crippen molar-refractivity contribution in [2.24, 2.45) is 0 Å². The van der Waals surface area contributed by atoms with Crippen LogP contribution in [0.3, 0.4) is 0 Å². The molecule has 0 aliphatic carbocycles. The molecular weight excluding hydrogens is 386 g/mol. The zero-order valence-electron chi connectivity index (χ0n) is 16.1. The highest BCUT2D eigenvalue weighted by Gasteiger charge is 2.13. The zero-order valence-corrected chi connectivity index (χ0v) is 16.9. The molecule has 4 aromatic rings. The van der Waals surface area contributed by atoms with E-state index in [9.17, 15) is 4.79 Å². The number of ether oxygens (including phenoxy) is 1. The SMILES string of the molecule is COCCCn1c(SCc2cc(-c3ccccc3)no2)nc2ccccc2c1=O. The summed E-state index contributed by atoms with van der Waals surface area (Å²) in [6, 6.07) is 19.2. The van der Waals surface area contributed by atoms with E-state index in [-0.39, 0.29) is 5.56 Å². The molecule has 0 radical (unpaired) electrons. The van der Waals surface area contributed by atoms with Crippen molar-refractivity contribution in [3.63, 3.8) is 0 Å². The highest BCUT2D eigenvalue weighted by Crippen LogP contribution is 2.25. The van der Waals surface area contributed by atoms with E-state index < -0.39 is 0 Å². The van der Waals surface area contributed by atoms with E-state index in [4.69, 9.17) is 14.2 Å². The Bertz CT molecular complexity index is 1150. The molecular formula is C22H21N3O3S. The number of thioether (sulfide) groups is 1. The van der Waals surface area contributed by atoms with Gasteiger partial charge in [-0.3, -0.25) is 9.36 Å². The van der Waals surface area contributed by atoms with Crippen LogP contribution in [0.1, 0.15) is 12.2 Å². The topological polar surface area (TPSA) is 70.2 Å². The maximum absolute atomic E-state index is 13.0. The van der Waals surface area contributed by atoms with Crippen molar-refractivity contribution in [1.82, 2.24) is 14.7 Å². The number of methoxy groups -OCH3 is 1. The summed E-state index contributed by atoms with van der Waals surface area (Å²) in [6.45, 7) is 1.14. The van der Waals surface area contributed by atoms with Crippen molar-refractivity contribution >= 4 is 22.7 Å². The minimum atomic E-state index is -0.0308. The minimum absolute atomic E-state index is 0.0308. The third-order valence-electron chi connectivity index (χ3n) is 4.53. The van der Waals surface area contributed by atoms with E-state index in [2.05, 4.69) is 5.16 Å². The Morgan fingerprint density at radius 2 is 1.90 bits per heavy atom. The molecule has 0 aliphatic rings. The molecule has 2 aromatic carbocycles. The first-order chi connectivity index (χ1) is 14.3. The standard InChI is InChI=1S/C22H21N3O3S/c1-27-13-7-12-25-21(26)18-10-5-6-11-19(18)23-22(25)29-15-17-14-20(24-28-17)16-8-3-2-4-9-16/h2-6,8-11,14H,7,12-13,15H2,1H3. The Kier molecular flexibility index (Phi) is 6.07. The quantitative estimate of drug-likeness (QED) is 0.245. The molecule has 0 atom stereocenters. The number of nitrogens with zero attached hydrogens (tertiary/aromatic N) is 3. The third kappa shape index (κ3) is 4.41. The summed E-state index contributed by atoms with van der Waals surface area (Å²) in [7, 11) is 1.66.